The summed E-state index contributed by atoms with van der Waals surface area (Å²) in [5.74, 6) is 0. The molecule has 0 amide bonds. The van der Waals surface area contributed by atoms with Crippen LogP contribution in [0.15, 0.2) is 74.7 Å². The molecule has 4 rings (SSSR count). The zero-order valence-electron chi connectivity index (χ0n) is 14.9. The van der Waals surface area contributed by atoms with Gasteiger partial charge in [0.15, 0.2) is 0 Å². The van der Waals surface area contributed by atoms with E-state index < -0.39 is 0 Å². The monoisotopic (exact) mass is 481 g/mol. The highest BCUT2D eigenvalue weighted by atomic mass is 79.9. The van der Waals surface area contributed by atoms with Gasteiger partial charge >= 0.3 is 0 Å². The number of aliphatic imine (C=N–C) groups is 1. The maximum atomic E-state index is 4.71. The molecule has 0 aliphatic carbocycles. The summed E-state index contributed by atoms with van der Waals surface area (Å²) in [6, 6.07) is 18.4. The number of pyridine rings is 1. The van der Waals surface area contributed by atoms with Crippen molar-refractivity contribution < 1.29 is 0 Å². The van der Waals surface area contributed by atoms with E-state index in [0.29, 0.717) is 0 Å². The second-order valence-corrected chi connectivity index (χ2v) is 8.06. The topological polar surface area (TPSA) is 30.2 Å². The lowest BCUT2D eigenvalue weighted by Gasteiger charge is -2.09. The van der Waals surface area contributed by atoms with Gasteiger partial charge in [0.2, 0.25) is 0 Å². The molecule has 0 atom stereocenters. The van der Waals surface area contributed by atoms with Crippen molar-refractivity contribution in [2.45, 2.75) is 13.8 Å². The van der Waals surface area contributed by atoms with Crippen molar-refractivity contribution in [2.75, 3.05) is 0 Å². The number of hydrogen-bond acceptors (Lipinski definition) is 2. The van der Waals surface area contributed by atoms with E-state index in [1.54, 1.807) is 6.20 Å². The van der Waals surface area contributed by atoms with Gasteiger partial charge in [0, 0.05) is 49.4 Å². The standard InChI is InChI=1S/C22H17Br2N3/c1-14-20(13-26-18-7-10-21-16(12-18)4-3-11-25-21)22(24)15(2)27(14)19-8-5-17(23)6-9-19/h3-13H,1-2H3. The molecule has 2 heterocycles. The molecule has 0 unspecified atom stereocenters. The SMILES string of the molecule is Cc1c(Br)c(C=Nc2ccc3ncccc3c2)c(C)n1-c1ccc(Br)cc1. The van der Waals surface area contributed by atoms with Crippen LogP contribution >= 0.6 is 31.9 Å². The van der Waals surface area contributed by atoms with Crippen LogP contribution in [0.1, 0.15) is 17.0 Å². The molecule has 2 aromatic carbocycles. The van der Waals surface area contributed by atoms with Gasteiger partial charge in [-0.25, -0.2) is 0 Å². The van der Waals surface area contributed by atoms with E-state index in [-0.39, 0.29) is 0 Å². The molecule has 0 aliphatic rings. The minimum absolute atomic E-state index is 0.913. The third-order valence-corrected chi connectivity index (χ3v) is 6.16. The number of benzene rings is 2. The molecule has 0 radical (unpaired) electrons. The number of nitrogens with zero attached hydrogens (tertiary/aromatic N) is 3. The largest absolute Gasteiger partial charge is 0.317 e. The van der Waals surface area contributed by atoms with Gasteiger partial charge in [-0.05, 0) is 78.3 Å². The van der Waals surface area contributed by atoms with Gasteiger partial charge in [0.1, 0.15) is 0 Å². The minimum atomic E-state index is 0.913. The molecule has 134 valence electrons. The van der Waals surface area contributed by atoms with Crippen molar-refractivity contribution in [1.29, 1.82) is 0 Å². The average molecular weight is 483 g/mol. The van der Waals surface area contributed by atoms with E-state index >= 15 is 0 Å². The number of fused-ring (bicyclic) bond motifs is 1. The van der Waals surface area contributed by atoms with Crippen LogP contribution in [0.3, 0.4) is 0 Å². The molecular weight excluding hydrogens is 466 g/mol. The first-order chi connectivity index (χ1) is 13.0. The molecule has 0 N–H and O–H groups in total. The summed E-state index contributed by atoms with van der Waals surface area (Å²) in [6.45, 7) is 4.23. The molecule has 2 aromatic heterocycles. The van der Waals surface area contributed by atoms with Crippen molar-refractivity contribution in [3.63, 3.8) is 0 Å². The number of halogens is 2. The normalized spacial score (nSPS) is 11.6. The second-order valence-electron chi connectivity index (χ2n) is 6.35. The van der Waals surface area contributed by atoms with Crippen molar-refractivity contribution in [2.24, 2.45) is 4.99 Å². The lowest BCUT2D eigenvalue weighted by molar-refractivity contribution is 0.962. The van der Waals surface area contributed by atoms with Gasteiger partial charge in [-0.2, -0.15) is 0 Å². The predicted molar refractivity (Wildman–Crippen MR) is 120 cm³/mol. The third kappa shape index (κ3) is 3.49. The van der Waals surface area contributed by atoms with Crippen LogP contribution in [-0.2, 0) is 0 Å². The Balaban J connectivity index is 1.74. The van der Waals surface area contributed by atoms with Gasteiger partial charge in [-0.3, -0.25) is 9.98 Å². The molecule has 0 bridgehead atoms. The van der Waals surface area contributed by atoms with E-state index in [0.717, 1.165) is 48.2 Å². The first-order valence-corrected chi connectivity index (χ1v) is 10.2. The first-order valence-electron chi connectivity index (χ1n) is 8.57. The zero-order chi connectivity index (χ0) is 19.0. The van der Waals surface area contributed by atoms with Crippen molar-refractivity contribution >= 4 is 54.7 Å². The first kappa shape index (κ1) is 18.1. The highest BCUT2D eigenvalue weighted by molar-refractivity contribution is 9.10. The number of rotatable bonds is 3. The summed E-state index contributed by atoms with van der Waals surface area (Å²) in [5, 5.41) is 1.09. The Morgan fingerprint density at radius 2 is 1.74 bits per heavy atom. The summed E-state index contributed by atoms with van der Waals surface area (Å²) in [4.78, 5) is 9.06. The molecule has 4 aromatic rings. The van der Waals surface area contributed by atoms with Crippen LogP contribution in [0, 0.1) is 13.8 Å². The molecule has 27 heavy (non-hydrogen) atoms. The Kier molecular flexibility index (Phi) is 4.98. The van der Waals surface area contributed by atoms with Crippen LogP contribution in [0.4, 0.5) is 5.69 Å². The van der Waals surface area contributed by atoms with Gasteiger partial charge in [0.05, 0.1) is 11.2 Å². The highest BCUT2D eigenvalue weighted by Gasteiger charge is 2.15. The van der Waals surface area contributed by atoms with Gasteiger partial charge in [0.25, 0.3) is 0 Å². The van der Waals surface area contributed by atoms with Crippen LogP contribution in [0.5, 0.6) is 0 Å². The van der Waals surface area contributed by atoms with Crippen molar-refractivity contribution in [3.8, 4) is 5.69 Å². The molecule has 0 fully saturated rings. The van der Waals surface area contributed by atoms with E-state index in [1.807, 2.05) is 24.4 Å². The van der Waals surface area contributed by atoms with Crippen LogP contribution < -0.4 is 0 Å². The summed E-state index contributed by atoms with van der Waals surface area (Å²) < 4.78 is 4.37. The molecule has 5 heteroatoms. The molecule has 0 saturated carbocycles. The molecule has 0 spiro atoms. The van der Waals surface area contributed by atoms with Gasteiger partial charge in [-0.1, -0.05) is 22.0 Å². The maximum Gasteiger partial charge on any atom is 0.0703 e. The Morgan fingerprint density at radius 3 is 2.52 bits per heavy atom. The van der Waals surface area contributed by atoms with E-state index in [4.69, 9.17) is 4.99 Å². The quantitative estimate of drug-likeness (QED) is 0.291. The molecular formula is C22H17Br2N3. The van der Waals surface area contributed by atoms with Gasteiger partial charge < -0.3 is 4.57 Å². The van der Waals surface area contributed by atoms with Crippen LogP contribution in [-0.4, -0.2) is 15.8 Å². The fraction of sp³-hybridized carbons (Fsp3) is 0.0909. The van der Waals surface area contributed by atoms with Crippen LogP contribution in [0.25, 0.3) is 16.6 Å². The third-order valence-electron chi connectivity index (χ3n) is 4.63. The summed E-state index contributed by atoms with van der Waals surface area (Å²) in [6.07, 6.45) is 3.73. The molecule has 0 saturated heterocycles. The Hall–Kier alpha value is -2.24. The fourth-order valence-corrected chi connectivity index (χ4v) is 4.06. The van der Waals surface area contributed by atoms with Crippen molar-refractivity contribution in [1.82, 2.24) is 9.55 Å². The summed E-state index contributed by atoms with van der Waals surface area (Å²) in [7, 11) is 0. The second kappa shape index (κ2) is 7.41. The number of aromatic nitrogens is 2. The van der Waals surface area contributed by atoms with E-state index in [1.165, 1.54) is 0 Å². The lowest BCUT2D eigenvalue weighted by Crippen LogP contribution is -1.99. The Morgan fingerprint density at radius 1 is 0.963 bits per heavy atom. The van der Waals surface area contributed by atoms with E-state index in [2.05, 4.69) is 91.7 Å². The fourth-order valence-electron chi connectivity index (χ4n) is 3.23. The minimum Gasteiger partial charge on any atom is -0.317 e. The predicted octanol–water partition coefficient (Wildman–Crippen LogP) is 6.92. The van der Waals surface area contributed by atoms with Crippen molar-refractivity contribution in [3.05, 3.63) is 86.7 Å². The lowest BCUT2D eigenvalue weighted by atomic mass is 10.2. The Labute approximate surface area is 175 Å². The summed E-state index contributed by atoms with van der Waals surface area (Å²) in [5.41, 5.74) is 6.40. The number of hydrogen-bond donors (Lipinski definition) is 0. The van der Waals surface area contributed by atoms with Gasteiger partial charge in [-0.15, -0.1) is 0 Å². The average Bonchev–Trinajstić information content (AvgIpc) is 2.89. The highest BCUT2D eigenvalue weighted by Crippen LogP contribution is 2.30. The molecule has 0 aliphatic heterocycles. The van der Waals surface area contributed by atoms with Crippen LogP contribution in [0.2, 0.25) is 0 Å². The smallest absolute Gasteiger partial charge is 0.0703 e. The zero-order valence-corrected chi connectivity index (χ0v) is 18.1. The maximum absolute atomic E-state index is 4.71. The molecule has 3 nitrogen and oxygen atoms in total. The van der Waals surface area contributed by atoms with E-state index in [9.17, 15) is 0 Å². The Bertz CT molecular complexity index is 1160. The summed E-state index contributed by atoms with van der Waals surface area (Å²) >= 11 is 7.24.